The van der Waals surface area contributed by atoms with Crippen molar-refractivity contribution in [2.45, 2.75) is 133 Å². The minimum Gasteiger partial charge on any atom is -0.350 e. The van der Waals surface area contributed by atoms with Gasteiger partial charge in [0, 0.05) is 50.9 Å². The van der Waals surface area contributed by atoms with E-state index in [0.717, 1.165) is 71.1 Å². The van der Waals surface area contributed by atoms with Crippen molar-refractivity contribution < 1.29 is 14.0 Å². The molecule has 5 fully saturated rings. The summed E-state index contributed by atoms with van der Waals surface area (Å²) in [5.41, 5.74) is 12.8. The molecule has 1 spiro atoms. The van der Waals surface area contributed by atoms with Crippen LogP contribution in [0.1, 0.15) is 96.3 Å². The highest BCUT2D eigenvalue weighted by atomic mass is 19.1. The number of hydrogen-bond donors (Lipinski definition) is 4. The molecule has 6 rings (SSSR count). The molecule has 0 radical (unpaired) electrons. The van der Waals surface area contributed by atoms with Crippen LogP contribution < -0.4 is 22.1 Å². The number of fused-ring (bicyclic) bond motifs is 1. The summed E-state index contributed by atoms with van der Waals surface area (Å²) in [6.45, 7) is 4.14. The largest absolute Gasteiger partial charge is 0.350 e. The Balaban J connectivity index is 1.23. The lowest BCUT2D eigenvalue weighted by Crippen LogP contribution is -2.69. The molecule has 4 heterocycles. The zero-order chi connectivity index (χ0) is 30.0. The van der Waals surface area contributed by atoms with Gasteiger partial charge in [0.05, 0.1) is 24.2 Å². The van der Waals surface area contributed by atoms with Crippen molar-refractivity contribution >= 4 is 18.0 Å². The van der Waals surface area contributed by atoms with E-state index in [1.807, 2.05) is 0 Å². The van der Waals surface area contributed by atoms with Gasteiger partial charge in [-0.25, -0.2) is 4.39 Å². The normalized spacial score (nSPS) is 36.7. The number of rotatable bonds is 6. The summed E-state index contributed by atoms with van der Waals surface area (Å²) >= 11 is 0. The molecule has 0 aromatic carbocycles. The van der Waals surface area contributed by atoms with E-state index in [2.05, 4.69) is 20.4 Å². The lowest BCUT2D eigenvalue weighted by molar-refractivity contribution is -0.132. The van der Waals surface area contributed by atoms with Gasteiger partial charge in [-0.2, -0.15) is 0 Å². The Bertz CT molecular complexity index is 998. The van der Waals surface area contributed by atoms with Crippen LogP contribution in [0.25, 0.3) is 0 Å². The number of piperazine rings is 1. The number of amides is 2. The quantitative estimate of drug-likeness (QED) is 0.347. The van der Waals surface area contributed by atoms with E-state index in [4.69, 9.17) is 16.5 Å². The fourth-order valence-electron chi connectivity index (χ4n) is 9.96. The van der Waals surface area contributed by atoms with E-state index < -0.39 is 24.3 Å². The predicted octanol–water partition coefficient (Wildman–Crippen LogP) is 2.72. The Morgan fingerprint density at radius 1 is 1.02 bits per heavy atom. The Morgan fingerprint density at radius 3 is 2.56 bits per heavy atom. The van der Waals surface area contributed by atoms with Crippen LogP contribution in [0.15, 0.2) is 4.99 Å². The number of nitrogens with two attached hydrogens (primary N) is 2. The van der Waals surface area contributed by atoms with Crippen molar-refractivity contribution in [3.8, 4) is 0 Å². The van der Waals surface area contributed by atoms with Crippen molar-refractivity contribution in [3.63, 3.8) is 0 Å². The molecule has 6 unspecified atom stereocenters. The van der Waals surface area contributed by atoms with Crippen LogP contribution in [-0.4, -0.2) is 97.1 Å². The minimum atomic E-state index is -1.09. The minimum absolute atomic E-state index is 0.0117. The second kappa shape index (κ2) is 13.8. The van der Waals surface area contributed by atoms with Gasteiger partial charge in [-0.15, -0.1) is 0 Å². The van der Waals surface area contributed by atoms with Crippen molar-refractivity contribution in [3.05, 3.63) is 0 Å². The number of nitrogens with zero attached hydrogens (tertiary/aromatic N) is 3. The molecule has 3 saturated heterocycles. The van der Waals surface area contributed by atoms with Crippen molar-refractivity contribution in [1.82, 2.24) is 20.4 Å². The van der Waals surface area contributed by atoms with Gasteiger partial charge in [-0.1, -0.05) is 51.4 Å². The summed E-state index contributed by atoms with van der Waals surface area (Å²) < 4.78 is 14.8. The molecule has 43 heavy (non-hydrogen) atoms. The molecular weight excluding hydrogens is 545 g/mol. The highest BCUT2D eigenvalue weighted by Gasteiger charge is 2.47. The fraction of sp³-hybridized carbons (Fsp3) is 0.909. The van der Waals surface area contributed by atoms with Crippen molar-refractivity contribution in [2.75, 3.05) is 32.7 Å². The number of carbonyl (C=O) groups is 2. The van der Waals surface area contributed by atoms with Gasteiger partial charge in [0.15, 0.2) is 0 Å². The predicted molar refractivity (Wildman–Crippen MR) is 167 cm³/mol. The number of nitrogens with one attached hydrogen (secondary N) is 2. The van der Waals surface area contributed by atoms with E-state index in [0.29, 0.717) is 31.2 Å². The SMILES string of the molecule is NC(N)C(C(=O)NC1CNCC(C2CCCCC2)C1N1CCN2C(=O)CC[C@@H]2C1)C1CC2(CCCCC2)CCC(F)C=N1. The molecule has 242 valence electrons. The molecule has 9 nitrogen and oxygen atoms in total. The third kappa shape index (κ3) is 6.97. The van der Waals surface area contributed by atoms with Crippen molar-refractivity contribution in [2.24, 2.45) is 39.6 Å². The summed E-state index contributed by atoms with van der Waals surface area (Å²) in [4.78, 5) is 36.1. The zero-order valence-corrected chi connectivity index (χ0v) is 26.1. The molecule has 7 atom stereocenters. The average molecular weight is 602 g/mol. The Morgan fingerprint density at radius 2 is 1.79 bits per heavy atom. The maximum Gasteiger partial charge on any atom is 0.228 e. The molecule has 6 aliphatic rings. The van der Waals surface area contributed by atoms with E-state index in [1.165, 1.54) is 44.7 Å². The van der Waals surface area contributed by atoms with E-state index in [9.17, 15) is 14.0 Å². The zero-order valence-electron chi connectivity index (χ0n) is 26.1. The first kappa shape index (κ1) is 31.4. The molecule has 0 bridgehead atoms. The Hall–Kier alpha value is -1.62. The monoisotopic (exact) mass is 601 g/mol. The highest BCUT2D eigenvalue weighted by molar-refractivity contribution is 5.81. The Kier molecular flexibility index (Phi) is 10.1. The second-order valence-corrected chi connectivity index (χ2v) is 14.9. The van der Waals surface area contributed by atoms with Gasteiger partial charge in [0.1, 0.15) is 6.17 Å². The maximum absolute atomic E-state index is 14.8. The van der Waals surface area contributed by atoms with Crippen LogP contribution in [-0.2, 0) is 9.59 Å². The van der Waals surface area contributed by atoms with Crippen LogP contribution in [0.3, 0.4) is 0 Å². The van der Waals surface area contributed by atoms with E-state index in [1.54, 1.807) is 0 Å². The topological polar surface area (TPSA) is 129 Å². The molecule has 2 aliphatic carbocycles. The second-order valence-electron chi connectivity index (χ2n) is 14.9. The summed E-state index contributed by atoms with van der Waals surface area (Å²) in [6.07, 6.45) is 15.1. The van der Waals surface area contributed by atoms with Gasteiger partial charge < -0.3 is 27.0 Å². The maximum atomic E-state index is 14.8. The third-order valence-electron chi connectivity index (χ3n) is 12.2. The van der Waals surface area contributed by atoms with Gasteiger partial charge in [-0.05, 0) is 62.3 Å². The van der Waals surface area contributed by atoms with Gasteiger partial charge in [-0.3, -0.25) is 19.5 Å². The standard InChI is InChI=1S/C33H56FN7O2/c34-23-11-14-33(12-5-2-6-13-33)17-26(38-18-23)29(31(35)36)32(43)39-27-20-37-19-25(22-7-3-1-4-8-22)30(27)40-15-16-41-24(21-40)9-10-28(41)42/h18,22-27,29-31,37H,1-17,19-21,35-36H2,(H,39,43)/t23?,24-,25?,26?,27?,29?,30?/m1/s1. The lowest BCUT2D eigenvalue weighted by Gasteiger charge is -2.52. The van der Waals surface area contributed by atoms with Crippen LogP contribution in [0, 0.1) is 23.2 Å². The molecule has 4 aliphatic heterocycles. The van der Waals surface area contributed by atoms with E-state index >= 15 is 0 Å². The third-order valence-corrected chi connectivity index (χ3v) is 12.2. The van der Waals surface area contributed by atoms with E-state index in [-0.39, 0.29) is 35.4 Å². The first-order valence-electron chi connectivity index (χ1n) is 17.6. The average Bonchev–Trinajstić information content (AvgIpc) is 3.38. The highest BCUT2D eigenvalue weighted by Crippen LogP contribution is 2.46. The van der Waals surface area contributed by atoms with Crippen molar-refractivity contribution in [1.29, 1.82) is 0 Å². The van der Waals surface area contributed by atoms with Crippen LogP contribution in [0.5, 0.6) is 0 Å². The molecule has 0 aromatic heterocycles. The van der Waals surface area contributed by atoms with Gasteiger partial charge in [0.2, 0.25) is 11.8 Å². The van der Waals surface area contributed by atoms with Crippen LogP contribution in [0.2, 0.25) is 0 Å². The summed E-state index contributed by atoms with van der Waals surface area (Å²) in [5.74, 6) is 0.500. The van der Waals surface area contributed by atoms with Gasteiger partial charge >= 0.3 is 0 Å². The molecular formula is C33H56FN7O2. The summed E-state index contributed by atoms with van der Waals surface area (Å²) in [6, 6.07) is -0.0436. The number of carbonyl (C=O) groups excluding carboxylic acids is 2. The first-order valence-corrected chi connectivity index (χ1v) is 17.6. The van der Waals surface area contributed by atoms with Crippen LogP contribution >= 0.6 is 0 Å². The number of piperidine rings is 1. The number of hydrogen-bond acceptors (Lipinski definition) is 7. The summed E-state index contributed by atoms with van der Waals surface area (Å²) in [7, 11) is 0. The number of halogens is 1. The lowest BCUT2D eigenvalue weighted by atomic mass is 9.65. The molecule has 10 heteroatoms. The smallest absolute Gasteiger partial charge is 0.228 e. The fourth-order valence-corrected chi connectivity index (χ4v) is 9.96. The first-order chi connectivity index (χ1) is 20.8. The molecule has 0 aromatic rings. The van der Waals surface area contributed by atoms with Gasteiger partial charge in [0.25, 0.3) is 0 Å². The Labute approximate surface area is 257 Å². The molecule has 6 N–H and O–H groups in total. The molecule has 2 saturated carbocycles. The number of alkyl halides is 1. The summed E-state index contributed by atoms with van der Waals surface area (Å²) in [5, 5.41) is 7.15. The van der Waals surface area contributed by atoms with Crippen LogP contribution in [0.4, 0.5) is 4.39 Å². The molecule has 2 amide bonds. The number of aliphatic imine (C=N–C) groups is 1.